The molecule has 2 aliphatic rings. The Kier molecular flexibility index (Phi) is 5.90. The van der Waals surface area contributed by atoms with Crippen molar-refractivity contribution in [3.63, 3.8) is 0 Å². The fourth-order valence-electron chi connectivity index (χ4n) is 2.28. The number of thioether (sulfide) groups is 1. The molecular formula is C16H21N3O3S. The molecule has 6 nitrogen and oxygen atoms in total. The van der Waals surface area contributed by atoms with Crippen molar-refractivity contribution in [2.24, 2.45) is 5.10 Å². The van der Waals surface area contributed by atoms with Crippen LogP contribution in [-0.4, -0.2) is 67.5 Å². The van der Waals surface area contributed by atoms with E-state index in [4.69, 9.17) is 9.47 Å². The minimum Gasteiger partial charge on any atom is -0.489 e. The monoisotopic (exact) mass is 335 g/mol. The van der Waals surface area contributed by atoms with Crippen molar-refractivity contribution in [1.82, 2.24) is 10.3 Å². The van der Waals surface area contributed by atoms with Gasteiger partial charge in [0.2, 0.25) is 0 Å². The summed E-state index contributed by atoms with van der Waals surface area (Å²) in [5.41, 5.74) is 3.48. The Bertz CT molecular complexity index is 540. The van der Waals surface area contributed by atoms with Crippen LogP contribution in [0.1, 0.15) is 5.56 Å². The fourth-order valence-corrected chi connectivity index (χ4v) is 2.85. The number of ether oxygens (including phenoxy) is 2. The minimum absolute atomic E-state index is 0.106. The number of amides is 1. The molecule has 124 valence electrons. The average molecular weight is 335 g/mol. The topological polar surface area (TPSA) is 63.2 Å². The third kappa shape index (κ3) is 5.23. The van der Waals surface area contributed by atoms with E-state index in [0.29, 0.717) is 25.9 Å². The lowest BCUT2D eigenvalue weighted by Gasteiger charge is -2.25. The Labute approximate surface area is 140 Å². The number of nitrogens with one attached hydrogen (secondary N) is 1. The molecule has 0 aromatic heterocycles. The molecule has 1 aromatic rings. The lowest BCUT2D eigenvalue weighted by molar-refractivity contribution is -0.123. The molecule has 2 aliphatic heterocycles. The Balaban J connectivity index is 1.40. The normalized spacial score (nSPS) is 19.5. The summed E-state index contributed by atoms with van der Waals surface area (Å²) in [6, 6.07) is 7.72. The second-order valence-electron chi connectivity index (χ2n) is 5.53. The molecule has 0 saturated carbocycles. The van der Waals surface area contributed by atoms with Crippen molar-refractivity contribution in [2.45, 2.75) is 6.10 Å². The first-order valence-corrected chi connectivity index (χ1v) is 8.91. The Morgan fingerprint density at radius 2 is 2.09 bits per heavy atom. The van der Waals surface area contributed by atoms with Gasteiger partial charge in [-0.05, 0) is 29.8 Å². The molecule has 1 aromatic carbocycles. The van der Waals surface area contributed by atoms with E-state index in [9.17, 15) is 4.79 Å². The van der Waals surface area contributed by atoms with Crippen molar-refractivity contribution in [1.29, 1.82) is 0 Å². The van der Waals surface area contributed by atoms with Gasteiger partial charge < -0.3 is 9.47 Å². The van der Waals surface area contributed by atoms with Crippen molar-refractivity contribution < 1.29 is 14.3 Å². The molecule has 0 bridgehead atoms. The Morgan fingerprint density at radius 3 is 2.74 bits per heavy atom. The molecule has 2 fully saturated rings. The molecule has 23 heavy (non-hydrogen) atoms. The molecular weight excluding hydrogens is 314 g/mol. The first-order chi connectivity index (χ1) is 11.3. The maximum absolute atomic E-state index is 11.8. The van der Waals surface area contributed by atoms with Gasteiger partial charge >= 0.3 is 0 Å². The summed E-state index contributed by atoms with van der Waals surface area (Å²) in [6.45, 7) is 3.30. The van der Waals surface area contributed by atoms with Crippen LogP contribution in [0.15, 0.2) is 29.4 Å². The van der Waals surface area contributed by atoms with E-state index in [1.165, 1.54) is 0 Å². The van der Waals surface area contributed by atoms with Gasteiger partial charge in [-0.15, -0.1) is 0 Å². The van der Waals surface area contributed by atoms with E-state index in [0.717, 1.165) is 35.9 Å². The number of morpholine rings is 1. The predicted octanol–water partition coefficient (Wildman–Crippen LogP) is 0.963. The van der Waals surface area contributed by atoms with Crippen LogP contribution in [-0.2, 0) is 9.53 Å². The van der Waals surface area contributed by atoms with Gasteiger partial charge in [0, 0.05) is 24.6 Å². The largest absolute Gasteiger partial charge is 0.489 e. The van der Waals surface area contributed by atoms with E-state index in [1.54, 1.807) is 6.21 Å². The van der Waals surface area contributed by atoms with Crippen molar-refractivity contribution in [3.05, 3.63) is 29.8 Å². The van der Waals surface area contributed by atoms with Crippen LogP contribution in [0.2, 0.25) is 0 Å². The number of carbonyl (C=O) groups is 1. The van der Waals surface area contributed by atoms with Crippen molar-refractivity contribution in [2.75, 3.05) is 44.4 Å². The van der Waals surface area contributed by atoms with Gasteiger partial charge in [0.15, 0.2) is 0 Å². The molecule has 2 saturated heterocycles. The van der Waals surface area contributed by atoms with Gasteiger partial charge in [-0.3, -0.25) is 9.69 Å². The highest BCUT2D eigenvalue weighted by Gasteiger charge is 2.19. The van der Waals surface area contributed by atoms with E-state index in [1.807, 2.05) is 36.0 Å². The van der Waals surface area contributed by atoms with Crippen LogP contribution < -0.4 is 10.2 Å². The summed E-state index contributed by atoms with van der Waals surface area (Å²) in [4.78, 5) is 13.8. The van der Waals surface area contributed by atoms with Crippen LogP contribution in [0.4, 0.5) is 0 Å². The van der Waals surface area contributed by atoms with E-state index >= 15 is 0 Å². The van der Waals surface area contributed by atoms with Crippen molar-refractivity contribution >= 4 is 23.9 Å². The third-order valence-corrected chi connectivity index (χ3v) is 4.88. The number of rotatable bonds is 6. The van der Waals surface area contributed by atoms with Crippen LogP contribution in [0.5, 0.6) is 5.75 Å². The van der Waals surface area contributed by atoms with Crippen LogP contribution in [0.3, 0.4) is 0 Å². The standard InChI is InChI=1S/C16H21N3O3S/c20-16(10-19-5-7-21-8-6-19)18-17-9-13-1-3-14(4-2-13)22-15-11-23-12-15/h1-4,9,15H,5-8,10-12H2,(H,18,20)/b17-9-. The number of benzene rings is 1. The first-order valence-electron chi connectivity index (χ1n) is 7.76. The molecule has 2 heterocycles. The highest BCUT2D eigenvalue weighted by molar-refractivity contribution is 8.00. The molecule has 1 N–H and O–H groups in total. The molecule has 0 unspecified atom stereocenters. The lowest BCUT2D eigenvalue weighted by Crippen LogP contribution is -2.42. The van der Waals surface area contributed by atoms with Gasteiger partial charge in [0.1, 0.15) is 11.9 Å². The highest BCUT2D eigenvalue weighted by atomic mass is 32.2. The second-order valence-corrected chi connectivity index (χ2v) is 6.60. The second kappa shape index (κ2) is 8.33. The molecule has 3 rings (SSSR count). The highest BCUT2D eigenvalue weighted by Crippen LogP contribution is 2.23. The zero-order valence-electron chi connectivity index (χ0n) is 12.9. The molecule has 0 atom stereocenters. The van der Waals surface area contributed by atoms with Gasteiger partial charge in [0.25, 0.3) is 5.91 Å². The van der Waals surface area contributed by atoms with Gasteiger partial charge in [-0.2, -0.15) is 16.9 Å². The summed E-state index contributed by atoms with van der Waals surface area (Å²) < 4.78 is 11.0. The first kappa shape index (κ1) is 16.3. The number of hydrogen-bond donors (Lipinski definition) is 1. The summed E-state index contributed by atoms with van der Waals surface area (Å²) in [5.74, 6) is 2.91. The SMILES string of the molecule is O=C(CN1CCOCC1)N/N=C\c1ccc(OC2CSC2)cc1. The molecule has 0 spiro atoms. The average Bonchev–Trinajstić information content (AvgIpc) is 2.53. The van der Waals surface area contributed by atoms with E-state index in [2.05, 4.69) is 15.4 Å². The zero-order chi connectivity index (χ0) is 15.9. The summed E-state index contributed by atoms with van der Waals surface area (Å²) in [5, 5.41) is 4.00. The van der Waals surface area contributed by atoms with E-state index in [-0.39, 0.29) is 5.91 Å². The molecule has 1 amide bonds. The quantitative estimate of drug-likeness (QED) is 0.620. The van der Waals surface area contributed by atoms with Crippen LogP contribution >= 0.6 is 11.8 Å². The van der Waals surface area contributed by atoms with Crippen LogP contribution in [0, 0.1) is 0 Å². The molecule has 0 aliphatic carbocycles. The summed E-state index contributed by atoms with van der Waals surface area (Å²) >= 11 is 1.90. The van der Waals surface area contributed by atoms with Gasteiger partial charge in [0.05, 0.1) is 26.0 Å². The smallest absolute Gasteiger partial charge is 0.254 e. The maximum Gasteiger partial charge on any atom is 0.254 e. The summed E-state index contributed by atoms with van der Waals surface area (Å²) in [7, 11) is 0. The maximum atomic E-state index is 11.8. The van der Waals surface area contributed by atoms with Gasteiger partial charge in [-0.25, -0.2) is 5.43 Å². The zero-order valence-corrected chi connectivity index (χ0v) is 13.8. The lowest BCUT2D eigenvalue weighted by atomic mass is 10.2. The Hall–Kier alpha value is -1.57. The summed E-state index contributed by atoms with van der Waals surface area (Å²) in [6.07, 6.45) is 1.99. The predicted molar refractivity (Wildman–Crippen MR) is 91.2 cm³/mol. The number of hydrogen-bond acceptors (Lipinski definition) is 6. The molecule has 0 radical (unpaired) electrons. The third-order valence-electron chi connectivity index (χ3n) is 3.66. The van der Waals surface area contributed by atoms with Crippen LogP contribution in [0.25, 0.3) is 0 Å². The number of hydrazone groups is 1. The molecule has 7 heteroatoms. The Morgan fingerprint density at radius 1 is 1.35 bits per heavy atom. The minimum atomic E-state index is -0.106. The van der Waals surface area contributed by atoms with Crippen molar-refractivity contribution in [3.8, 4) is 5.75 Å². The van der Waals surface area contributed by atoms with Gasteiger partial charge in [-0.1, -0.05) is 0 Å². The fraction of sp³-hybridized carbons (Fsp3) is 0.500. The van der Waals surface area contributed by atoms with E-state index < -0.39 is 0 Å². The number of carbonyl (C=O) groups excluding carboxylic acids is 1. The number of nitrogens with zero attached hydrogens (tertiary/aromatic N) is 2.